The number of aliphatic hydroxyl groups is 1. The molecule has 1 atom stereocenters. The number of benzene rings is 1. The summed E-state index contributed by atoms with van der Waals surface area (Å²) in [6, 6.07) is 11.5. The topological polar surface area (TPSA) is 46.3 Å². The number of nitrogens with zero attached hydrogens (tertiary/aromatic N) is 1. The van der Waals surface area contributed by atoms with Crippen LogP contribution in [0.3, 0.4) is 0 Å². The van der Waals surface area contributed by atoms with E-state index >= 15 is 0 Å². The first-order valence-electron chi connectivity index (χ1n) is 5.52. The van der Waals surface area contributed by atoms with Gasteiger partial charge in [0, 0.05) is 11.6 Å². The van der Waals surface area contributed by atoms with Crippen LogP contribution in [0, 0.1) is 0 Å². The van der Waals surface area contributed by atoms with Crippen LogP contribution in [-0.4, -0.2) is 10.1 Å². The summed E-state index contributed by atoms with van der Waals surface area (Å²) in [7, 11) is 0. The van der Waals surface area contributed by atoms with Crippen LogP contribution in [0.15, 0.2) is 57.7 Å². The summed E-state index contributed by atoms with van der Waals surface area (Å²) in [4.78, 5) is 4.27. The molecule has 0 aliphatic heterocycles. The zero-order valence-electron chi connectivity index (χ0n) is 9.38. The third kappa shape index (κ3) is 1.83. The molecule has 3 rings (SSSR count). The maximum Gasteiger partial charge on any atom is 0.155 e. The first kappa shape index (κ1) is 11.4. The van der Waals surface area contributed by atoms with Crippen molar-refractivity contribution >= 4 is 26.7 Å². The monoisotopic (exact) mass is 303 g/mol. The van der Waals surface area contributed by atoms with E-state index in [1.165, 1.54) is 6.26 Å². The fourth-order valence-electron chi connectivity index (χ4n) is 1.99. The number of hydrogen-bond donors (Lipinski definition) is 1. The van der Waals surface area contributed by atoms with Crippen molar-refractivity contribution < 1.29 is 9.52 Å². The van der Waals surface area contributed by atoms with Gasteiger partial charge in [-0.05, 0) is 33.4 Å². The molecule has 1 N–H and O–H groups in total. The summed E-state index contributed by atoms with van der Waals surface area (Å²) in [5.74, 6) is 0.471. The SMILES string of the molecule is OC(c1occc1Br)c1nccc2ccccc12. The van der Waals surface area contributed by atoms with Crippen LogP contribution in [-0.2, 0) is 0 Å². The fourth-order valence-corrected chi connectivity index (χ4v) is 2.40. The van der Waals surface area contributed by atoms with Gasteiger partial charge < -0.3 is 9.52 Å². The zero-order valence-corrected chi connectivity index (χ0v) is 11.0. The van der Waals surface area contributed by atoms with Crippen molar-refractivity contribution in [3.05, 3.63) is 64.8 Å². The summed E-state index contributed by atoms with van der Waals surface area (Å²) < 4.78 is 6.03. The smallest absolute Gasteiger partial charge is 0.155 e. The molecule has 0 fully saturated rings. The number of aromatic nitrogens is 1. The van der Waals surface area contributed by atoms with Crippen LogP contribution in [0.4, 0.5) is 0 Å². The van der Waals surface area contributed by atoms with Crippen LogP contribution in [0.1, 0.15) is 17.6 Å². The van der Waals surface area contributed by atoms with Crippen LogP contribution < -0.4 is 0 Å². The van der Waals surface area contributed by atoms with Gasteiger partial charge in [0.15, 0.2) is 11.9 Å². The molecule has 0 saturated heterocycles. The van der Waals surface area contributed by atoms with Crippen molar-refractivity contribution in [1.29, 1.82) is 0 Å². The highest BCUT2D eigenvalue weighted by molar-refractivity contribution is 9.10. The van der Waals surface area contributed by atoms with Crippen molar-refractivity contribution in [3.63, 3.8) is 0 Å². The van der Waals surface area contributed by atoms with E-state index < -0.39 is 6.10 Å². The van der Waals surface area contributed by atoms with E-state index in [9.17, 15) is 5.11 Å². The largest absolute Gasteiger partial charge is 0.465 e. The van der Waals surface area contributed by atoms with Gasteiger partial charge in [-0.3, -0.25) is 4.98 Å². The minimum absolute atomic E-state index is 0.471. The van der Waals surface area contributed by atoms with Gasteiger partial charge in [0.2, 0.25) is 0 Å². The van der Waals surface area contributed by atoms with Gasteiger partial charge in [0.25, 0.3) is 0 Å². The lowest BCUT2D eigenvalue weighted by molar-refractivity contribution is 0.185. The number of hydrogen-bond acceptors (Lipinski definition) is 3. The third-order valence-electron chi connectivity index (χ3n) is 2.86. The molecule has 2 aromatic heterocycles. The molecule has 0 amide bonds. The van der Waals surface area contributed by atoms with E-state index in [4.69, 9.17) is 4.42 Å². The average Bonchev–Trinajstić information content (AvgIpc) is 2.83. The van der Waals surface area contributed by atoms with Crippen molar-refractivity contribution in [2.75, 3.05) is 0 Å². The molecule has 0 spiro atoms. The quantitative estimate of drug-likeness (QED) is 0.785. The molecule has 4 heteroatoms. The summed E-state index contributed by atoms with van der Waals surface area (Å²) in [6.07, 6.45) is 2.35. The van der Waals surface area contributed by atoms with Crippen LogP contribution in [0.25, 0.3) is 10.8 Å². The lowest BCUT2D eigenvalue weighted by atomic mass is 10.1. The number of halogens is 1. The Bertz CT molecular complexity index is 688. The number of rotatable bonds is 2. The Morgan fingerprint density at radius 1 is 1.17 bits per heavy atom. The van der Waals surface area contributed by atoms with E-state index in [2.05, 4.69) is 20.9 Å². The van der Waals surface area contributed by atoms with Gasteiger partial charge in [-0.2, -0.15) is 0 Å². The van der Waals surface area contributed by atoms with E-state index in [1.807, 2.05) is 30.3 Å². The van der Waals surface area contributed by atoms with Crippen LogP contribution >= 0.6 is 15.9 Å². The Hall–Kier alpha value is -1.65. The molecule has 0 aliphatic rings. The van der Waals surface area contributed by atoms with Crippen molar-refractivity contribution in [3.8, 4) is 0 Å². The third-order valence-corrected chi connectivity index (χ3v) is 3.51. The second-order valence-electron chi connectivity index (χ2n) is 3.95. The molecule has 3 nitrogen and oxygen atoms in total. The Kier molecular flexibility index (Phi) is 2.89. The van der Waals surface area contributed by atoms with E-state index in [0.29, 0.717) is 11.5 Å². The molecule has 0 aliphatic carbocycles. The Balaban J connectivity index is 2.18. The number of fused-ring (bicyclic) bond motifs is 1. The van der Waals surface area contributed by atoms with Crippen molar-refractivity contribution in [1.82, 2.24) is 4.98 Å². The zero-order chi connectivity index (χ0) is 12.5. The fraction of sp³-hybridized carbons (Fsp3) is 0.0714. The average molecular weight is 304 g/mol. The predicted octanol–water partition coefficient (Wildman–Crippen LogP) is 3.67. The summed E-state index contributed by atoms with van der Waals surface area (Å²) in [5, 5.41) is 12.3. The van der Waals surface area contributed by atoms with Crippen molar-refractivity contribution in [2.24, 2.45) is 0 Å². The summed E-state index contributed by atoms with van der Waals surface area (Å²) in [5.41, 5.74) is 0.601. The number of pyridine rings is 1. The van der Waals surface area contributed by atoms with Crippen molar-refractivity contribution in [2.45, 2.75) is 6.10 Å². The lowest BCUT2D eigenvalue weighted by Gasteiger charge is -2.10. The van der Waals surface area contributed by atoms with Crippen LogP contribution in [0.2, 0.25) is 0 Å². The predicted molar refractivity (Wildman–Crippen MR) is 72.2 cm³/mol. The molecule has 0 bridgehead atoms. The van der Waals surface area contributed by atoms with Gasteiger partial charge in [0.05, 0.1) is 16.4 Å². The number of aliphatic hydroxyl groups excluding tert-OH is 1. The van der Waals surface area contributed by atoms with E-state index in [-0.39, 0.29) is 0 Å². The van der Waals surface area contributed by atoms with E-state index in [1.54, 1.807) is 12.3 Å². The minimum Gasteiger partial charge on any atom is -0.465 e. The molecule has 90 valence electrons. The highest BCUT2D eigenvalue weighted by Gasteiger charge is 2.20. The second kappa shape index (κ2) is 4.55. The minimum atomic E-state index is -0.875. The molecule has 2 heterocycles. The summed E-state index contributed by atoms with van der Waals surface area (Å²) in [6.45, 7) is 0. The molecule has 18 heavy (non-hydrogen) atoms. The first-order valence-corrected chi connectivity index (χ1v) is 6.31. The second-order valence-corrected chi connectivity index (χ2v) is 4.81. The van der Waals surface area contributed by atoms with E-state index in [0.717, 1.165) is 15.2 Å². The first-order chi connectivity index (χ1) is 8.77. The Morgan fingerprint density at radius 3 is 2.78 bits per heavy atom. The van der Waals surface area contributed by atoms with Gasteiger partial charge in [0.1, 0.15) is 0 Å². The molecule has 0 saturated carbocycles. The Labute approximate surface area is 112 Å². The highest BCUT2D eigenvalue weighted by Crippen LogP contribution is 2.31. The van der Waals surface area contributed by atoms with Gasteiger partial charge >= 0.3 is 0 Å². The molecule has 0 radical (unpaired) electrons. The van der Waals surface area contributed by atoms with Gasteiger partial charge in [-0.25, -0.2) is 0 Å². The van der Waals surface area contributed by atoms with Crippen LogP contribution in [0.5, 0.6) is 0 Å². The molecule has 3 aromatic rings. The molecular weight excluding hydrogens is 294 g/mol. The van der Waals surface area contributed by atoms with Gasteiger partial charge in [-0.15, -0.1) is 0 Å². The number of furan rings is 1. The molecule has 1 unspecified atom stereocenters. The Morgan fingerprint density at radius 2 is 2.00 bits per heavy atom. The summed E-state index contributed by atoms with van der Waals surface area (Å²) >= 11 is 3.35. The van der Waals surface area contributed by atoms with Gasteiger partial charge in [-0.1, -0.05) is 24.3 Å². The normalized spacial score (nSPS) is 12.8. The lowest BCUT2D eigenvalue weighted by Crippen LogP contribution is -2.02. The maximum atomic E-state index is 10.4. The maximum absolute atomic E-state index is 10.4. The standard InChI is InChI=1S/C14H10BrNO2/c15-11-6-8-18-14(11)13(17)12-10-4-2-1-3-9(10)5-7-16-12/h1-8,13,17H. The molecular formula is C14H10BrNO2. The molecule has 1 aromatic carbocycles. The highest BCUT2D eigenvalue weighted by atomic mass is 79.9.